The highest BCUT2D eigenvalue weighted by molar-refractivity contribution is 6.35. The minimum atomic E-state index is -0.889. The van der Waals surface area contributed by atoms with E-state index in [9.17, 15) is 5.26 Å². The van der Waals surface area contributed by atoms with Crippen molar-refractivity contribution in [3.63, 3.8) is 0 Å². The first-order valence-corrected chi connectivity index (χ1v) is 7.06. The fraction of sp³-hybridized carbons (Fsp3) is 0.176. The van der Waals surface area contributed by atoms with Gasteiger partial charge in [0.2, 0.25) is 0 Å². The number of hydrogen-bond donors (Lipinski definition) is 0. The van der Waals surface area contributed by atoms with Crippen LogP contribution in [0.25, 0.3) is 0 Å². The maximum atomic E-state index is 9.76. The van der Waals surface area contributed by atoms with E-state index in [1.807, 2.05) is 12.1 Å². The van der Waals surface area contributed by atoms with Gasteiger partial charge in [0.15, 0.2) is 0 Å². The van der Waals surface area contributed by atoms with Gasteiger partial charge in [-0.1, -0.05) is 35.3 Å². The van der Waals surface area contributed by atoms with Gasteiger partial charge in [0.25, 0.3) is 0 Å². The van der Waals surface area contributed by atoms with Crippen LogP contribution in [0, 0.1) is 23.7 Å². The zero-order valence-corrected chi connectivity index (χ0v) is 12.7. The van der Waals surface area contributed by atoms with Crippen molar-refractivity contribution in [3.05, 3.63) is 63.9 Å². The molecule has 0 aliphatic carbocycles. The molecule has 0 aliphatic rings. The lowest BCUT2D eigenvalue weighted by Gasteiger charge is -2.26. The smallest absolute Gasteiger partial charge is 0.0985 e. The molecule has 1 aromatic carbocycles. The van der Waals surface area contributed by atoms with Crippen molar-refractivity contribution in [1.29, 1.82) is 5.26 Å². The highest BCUT2D eigenvalue weighted by atomic mass is 35.5. The maximum Gasteiger partial charge on any atom is 0.0985 e. The van der Waals surface area contributed by atoms with Crippen LogP contribution in [0.3, 0.4) is 0 Å². The zero-order chi connectivity index (χ0) is 15.3. The van der Waals surface area contributed by atoms with Gasteiger partial charge in [0, 0.05) is 28.9 Å². The van der Waals surface area contributed by atoms with Crippen LogP contribution >= 0.6 is 23.2 Å². The van der Waals surface area contributed by atoms with Crippen LogP contribution in [0.2, 0.25) is 10.0 Å². The molecule has 0 radical (unpaired) electrons. The Hall–Kier alpha value is -2.00. The van der Waals surface area contributed by atoms with Crippen LogP contribution in [0.15, 0.2) is 42.7 Å². The molecule has 0 N–H and O–H groups in total. The number of halogens is 2. The summed E-state index contributed by atoms with van der Waals surface area (Å²) in [5.41, 5.74) is 0.734. The van der Waals surface area contributed by atoms with Gasteiger partial charge in [0.05, 0.1) is 11.5 Å². The van der Waals surface area contributed by atoms with Gasteiger partial charge in [-0.2, -0.15) is 5.26 Å². The van der Waals surface area contributed by atoms with Gasteiger partial charge in [-0.05, 0) is 35.7 Å². The SMILES string of the molecule is C#CCC(C#N)(Cc1cccnc1)c1ccc(Cl)cc1Cl. The van der Waals surface area contributed by atoms with Crippen LogP contribution in [-0.2, 0) is 11.8 Å². The molecule has 1 unspecified atom stereocenters. The molecule has 0 bridgehead atoms. The van der Waals surface area contributed by atoms with Crippen LogP contribution in [0.4, 0.5) is 0 Å². The summed E-state index contributed by atoms with van der Waals surface area (Å²) in [6.45, 7) is 0. The van der Waals surface area contributed by atoms with Gasteiger partial charge in [-0.3, -0.25) is 4.98 Å². The van der Waals surface area contributed by atoms with Crippen molar-refractivity contribution < 1.29 is 0 Å². The first kappa shape index (κ1) is 15.4. The van der Waals surface area contributed by atoms with Gasteiger partial charge < -0.3 is 0 Å². The molecule has 1 heterocycles. The molecule has 4 heteroatoms. The number of nitrogens with zero attached hydrogens (tertiary/aromatic N) is 2. The third-order valence-corrected chi connectivity index (χ3v) is 3.84. The van der Waals surface area contributed by atoms with Gasteiger partial charge in [-0.15, -0.1) is 12.3 Å². The molecule has 0 spiro atoms. The summed E-state index contributed by atoms with van der Waals surface area (Å²) >= 11 is 12.2. The Morgan fingerprint density at radius 3 is 2.67 bits per heavy atom. The Kier molecular flexibility index (Phi) is 4.86. The summed E-state index contributed by atoms with van der Waals surface area (Å²) < 4.78 is 0. The summed E-state index contributed by atoms with van der Waals surface area (Å²) in [6.07, 6.45) is 9.60. The van der Waals surface area contributed by atoms with Gasteiger partial charge in [0.1, 0.15) is 0 Å². The number of benzene rings is 1. The molecule has 1 aromatic heterocycles. The van der Waals surface area contributed by atoms with Crippen LogP contribution in [0.1, 0.15) is 17.5 Å². The Balaban J connectivity index is 2.52. The summed E-state index contributed by atoms with van der Waals surface area (Å²) in [6, 6.07) is 11.2. The molecule has 2 nitrogen and oxygen atoms in total. The first-order valence-electron chi connectivity index (χ1n) is 6.30. The Bertz CT molecular complexity index is 714. The second kappa shape index (κ2) is 6.64. The second-order valence-electron chi connectivity index (χ2n) is 4.74. The third kappa shape index (κ3) is 3.37. The number of nitriles is 1. The van der Waals surface area contributed by atoms with E-state index in [1.54, 1.807) is 30.6 Å². The minimum Gasteiger partial charge on any atom is -0.264 e. The Morgan fingerprint density at radius 2 is 2.10 bits per heavy atom. The van der Waals surface area contributed by atoms with E-state index >= 15 is 0 Å². The molecule has 1 atom stereocenters. The van der Waals surface area contributed by atoms with E-state index < -0.39 is 5.41 Å². The van der Waals surface area contributed by atoms with Crippen molar-refractivity contribution in [2.75, 3.05) is 0 Å². The van der Waals surface area contributed by atoms with E-state index in [0.29, 0.717) is 22.0 Å². The minimum absolute atomic E-state index is 0.264. The average molecular weight is 315 g/mol. The number of hydrogen-bond acceptors (Lipinski definition) is 2. The topological polar surface area (TPSA) is 36.7 Å². The summed E-state index contributed by atoms with van der Waals surface area (Å²) in [4.78, 5) is 4.08. The van der Waals surface area contributed by atoms with Crippen molar-refractivity contribution >= 4 is 23.2 Å². The largest absolute Gasteiger partial charge is 0.264 e. The standard InChI is InChI=1S/C17H12Cl2N2/c1-2-7-17(12-20,10-13-4-3-8-21-11-13)15-6-5-14(18)9-16(15)19/h1,3-6,8-9,11H,7,10H2. The molecule has 21 heavy (non-hydrogen) atoms. The zero-order valence-electron chi connectivity index (χ0n) is 11.2. The molecule has 2 rings (SSSR count). The molecule has 0 saturated heterocycles. The van der Waals surface area contributed by atoms with E-state index in [4.69, 9.17) is 29.6 Å². The maximum absolute atomic E-state index is 9.76. The van der Waals surface area contributed by atoms with Crippen LogP contribution in [0.5, 0.6) is 0 Å². The van der Waals surface area contributed by atoms with Crippen molar-refractivity contribution in [2.45, 2.75) is 18.3 Å². The summed E-state index contributed by atoms with van der Waals surface area (Å²) in [5, 5.41) is 10.7. The van der Waals surface area contributed by atoms with Crippen molar-refractivity contribution in [3.8, 4) is 18.4 Å². The molecule has 104 valence electrons. The fourth-order valence-corrected chi connectivity index (χ4v) is 2.88. The van der Waals surface area contributed by atoms with Crippen LogP contribution < -0.4 is 0 Å². The lowest BCUT2D eigenvalue weighted by molar-refractivity contribution is 0.561. The monoisotopic (exact) mass is 314 g/mol. The van der Waals surface area contributed by atoms with Crippen LogP contribution in [-0.4, -0.2) is 4.98 Å². The number of aromatic nitrogens is 1. The third-order valence-electron chi connectivity index (χ3n) is 3.29. The number of terminal acetylenes is 1. The lowest BCUT2D eigenvalue weighted by atomic mass is 9.74. The average Bonchev–Trinajstić information content (AvgIpc) is 2.48. The predicted octanol–water partition coefficient (Wildman–Crippen LogP) is 4.42. The first-order chi connectivity index (χ1) is 10.1. The van der Waals surface area contributed by atoms with E-state index in [0.717, 1.165) is 5.56 Å². The molecular weight excluding hydrogens is 303 g/mol. The van der Waals surface area contributed by atoms with E-state index in [1.165, 1.54) is 0 Å². The lowest BCUT2D eigenvalue weighted by Crippen LogP contribution is -2.27. The molecule has 0 amide bonds. The van der Waals surface area contributed by atoms with E-state index in [2.05, 4.69) is 17.0 Å². The molecule has 0 fully saturated rings. The summed E-state index contributed by atoms with van der Waals surface area (Å²) in [5.74, 6) is 2.59. The number of pyridine rings is 1. The second-order valence-corrected chi connectivity index (χ2v) is 5.58. The predicted molar refractivity (Wildman–Crippen MR) is 85.1 cm³/mol. The Morgan fingerprint density at radius 1 is 1.29 bits per heavy atom. The van der Waals surface area contributed by atoms with Crippen molar-refractivity contribution in [1.82, 2.24) is 4.98 Å². The molecule has 2 aromatic rings. The summed E-state index contributed by atoms with van der Waals surface area (Å²) in [7, 11) is 0. The highest BCUT2D eigenvalue weighted by Gasteiger charge is 2.34. The molecule has 0 aliphatic heterocycles. The number of rotatable bonds is 4. The molecule has 0 saturated carbocycles. The van der Waals surface area contributed by atoms with Crippen molar-refractivity contribution in [2.24, 2.45) is 0 Å². The van der Waals surface area contributed by atoms with Gasteiger partial charge in [-0.25, -0.2) is 0 Å². The normalized spacial score (nSPS) is 13.0. The quantitative estimate of drug-likeness (QED) is 0.783. The fourth-order valence-electron chi connectivity index (χ4n) is 2.30. The highest BCUT2D eigenvalue weighted by Crippen LogP contribution is 2.37. The van der Waals surface area contributed by atoms with E-state index in [-0.39, 0.29) is 6.42 Å². The Labute approximate surface area is 134 Å². The molecular formula is C17H12Cl2N2. The van der Waals surface area contributed by atoms with Gasteiger partial charge >= 0.3 is 0 Å².